The lowest BCUT2D eigenvalue weighted by Gasteiger charge is -2.43. The number of pyridine rings is 1. The summed E-state index contributed by atoms with van der Waals surface area (Å²) in [6.45, 7) is 11.4. The maximum absolute atomic E-state index is 14.4. The number of methoxy groups -OCH3 is 1. The lowest BCUT2D eigenvalue weighted by atomic mass is 9.61. The predicted octanol–water partition coefficient (Wildman–Crippen LogP) is 5.54. The van der Waals surface area contributed by atoms with Crippen molar-refractivity contribution >= 4 is 40.0 Å². The third kappa shape index (κ3) is 6.87. The van der Waals surface area contributed by atoms with Gasteiger partial charge < -0.3 is 24.3 Å². The van der Waals surface area contributed by atoms with Gasteiger partial charge in [0.05, 0.1) is 40.2 Å². The SMILES string of the molecule is CCn1c(-c2cccnc2[C@H](C)OC)c2c3cc(ccc31)-c1csc(n1)C[C@H](NC(=O)[C@@]13CC[C@@H]1CN(C)C3)C(=O)N1CCC[C@H](N1)C(=O)OCC(C)(C)C2. The second kappa shape index (κ2) is 14.7. The minimum atomic E-state index is -0.841. The summed E-state index contributed by atoms with van der Waals surface area (Å²) in [6.07, 6.45) is 5.49. The first-order valence-corrected chi connectivity index (χ1v) is 20.6. The molecule has 2 saturated heterocycles. The molecule has 13 heteroatoms. The van der Waals surface area contributed by atoms with Gasteiger partial charge in [-0.1, -0.05) is 19.9 Å². The van der Waals surface area contributed by atoms with Crippen LogP contribution in [-0.4, -0.2) is 94.7 Å². The van der Waals surface area contributed by atoms with Crippen LogP contribution in [-0.2, 0) is 43.2 Å². The van der Waals surface area contributed by atoms with Gasteiger partial charge in [-0.15, -0.1) is 11.3 Å². The van der Waals surface area contributed by atoms with E-state index in [1.807, 2.05) is 24.6 Å². The number of carbonyl (C=O) groups excluding carboxylic acids is 3. The lowest BCUT2D eigenvalue weighted by Crippen LogP contribution is -2.62. The number of ether oxygens (including phenoxy) is 2. The van der Waals surface area contributed by atoms with Crippen LogP contribution in [0.1, 0.15) is 75.7 Å². The van der Waals surface area contributed by atoms with Crippen molar-refractivity contribution in [1.82, 2.24) is 35.2 Å². The normalized spacial score (nSPS) is 26.2. The lowest BCUT2D eigenvalue weighted by molar-refractivity contribution is -0.156. The van der Waals surface area contributed by atoms with Crippen LogP contribution in [0, 0.1) is 16.7 Å². The van der Waals surface area contributed by atoms with Crippen LogP contribution in [0.2, 0.25) is 0 Å². The fourth-order valence-electron chi connectivity index (χ4n) is 9.33. The van der Waals surface area contributed by atoms with Gasteiger partial charge in [-0.25, -0.2) is 10.4 Å². The molecule has 3 aromatic heterocycles. The number of esters is 1. The van der Waals surface area contributed by atoms with Gasteiger partial charge in [0.2, 0.25) is 5.91 Å². The molecular formula is C42H53N7O5S. The van der Waals surface area contributed by atoms with Crippen molar-refractivity contribution in [3.05, 3.63) is 58.2 Å². The zero-order valence-corrected chi connectivity index (χ0v) is 33.6. The van der Waals surface area contributed by atoms with Crippen molar-refractivity contribution in [2.45, 2.75) is 91.0 Å². The van der Waals surface area contributed by atoms with Gasteiger partial charge >= 0.3 is 5.97 Å². The zero-order valence-electron chi connectivity index (χ0n) is 32.8. The number of thiazole rings is 1. The van der Waals surface area contributed by atoms with Crippen molar-refractivity contribution in [2.24, 2.45) is 16.7 Å². The topological polar surface area (TPSA) is 131 Å². The van der Waals surface area contributed by atoms with E-state index < -0.39 is 22.9 Å². The molecule has 2 amide bonds. The van der Waals surface area contributed by atoms with Crippen LogP contribution in [0.5, 0.6) is 0 Å². The third-order valence-electron chi connectivity index (χ3n) is 12.4. The molecule has 4 aliphatic rings. The van der Waals surface area contributed by atoms with E-state index in [2.05, 4.69) is 72.3 Å². The average Bonchev–Trinajstić information content (AvgIpc) is 3.84. The smallest absolute Gasteiger partial charge is 0.324 e. The van der Waals surface area contributed by atoms with Gasteiger partial charge in [-0.05, 0) is 88.7 Å². The van der Waals surface area contributed by atoms with Gasteiger partial charge in [0.15, 0.2) is 0 Å². The summed E-state index contributed by atoms with van der Waals surface area (Å²) < 4.78 is 14.2. The summed E-state index contributed by atoms with van der Waals surface area (Å²) in [5.41, 5.74) is 9.27. The van der Waals surface area contributed by atoms with Crippen LogP contribution < -0.4 is 10.7 Å². The Kier molecular flexibility index (Phi) is 10.1. The molecular weight excluding hydrogens is 715 g/mol. The van der Waals surface area contributed by atoms with E-state index in [-0.39, 0.29) is 36.9 Å². The standard InChI is InChI=1S/C42H53N7O5S/c1-7-48-34-13-12-26-18-29(34)30(37(48)28-10-8-16-43-36(28)25(2)53-6)20-41(3,4)24-54-39(51)31-11-9-17-49(46-31)38(50)32(19-35-44-33(26)22-55-35)45-40(52)42-15-14-27(42)21-47(5)23-42/h8,10,12-13,16,18,22,25,27,31-32,46H,7,9,11,14-15,17,19-21,23-24H2,1-6H3,(H,45,52)/t25-,27+,31-,32-,42+/m0/s1. The van der Waals surface area contributed by atoms with Gasteiger partial charge in [0.25, 0.3) is 5.91 Å². The van der Waals surface area contributed by atoms with Crippen LogP contribution in [0.15, 0.2) is 41.9 Å². The molecule has 1 aromatic carbocycles. The summed E-state index contributed by atoms with van der Waals surface area (Å²) in [7, 11) is 3.76. The van der Waals surface area contributed by atoms with E-state index in [1.165, 1.54) is 16.3 Å². The number of aromatic nitrogens is 3. The second-order valence-corrected chi connectivity index (χ2v) is 17.8. The summed E-state index contributed by atoms with van der Waals surface area (Å²) in [5.74, 6) is -0.416. The molecule has 4 aromatic rings. The number of nitrogens with one attached hydrogen (secondary N) is 2. The number of hydrogen-bond donors (Lipinski definition) is 2. The minimum absolute atomic E-state index is 0.0635. The maximum Gasteiger partial charge on any atom is 0.324 e. The number of fused-ring (bicyclic) bond motifs is 7. The van der Waals surface area contributed by atoms with Gasteiger partial charge in [-0.2, -0.15) is 0 Å². The molecule has 1 aliphatic carbocycles. The molecule has 0 spiro atoms. The van der Waals surface area contributed by atoms with Crippen molar-refractivity contribution in [2.75, 3.05) is 40.4 Å². The van der Waals surface area contributed by atoms with E-state index in [9.17, 15) is 14.4 Å². The van der Waals surface area contributed by atoms with Gasteiger partial charge in [0, 0.05) is 78.7 Å². The highest BCUT2D eigenvalue weighted by Gasteiger charge is 2.57. The predicted molar refractivity (Wildman–Crippen MR) is 212 cm³/mol. The second-order valence-electron chi connectivity index (χ2n) is 16.8. The maximum atomic E-state index is 14.4. The van der Waals surface area contributed by atoms with Crippen molar-refractivity contribution < 1.29 is 23.9 Å². The summed E-state index contributed by atoms with van der Waals surface area (Å²) in [6, 6.07) is 9.07. The number of amides is 2. The Morgan fingerprint density at radius 1 is 1.22 bits per heavy atom. The highest BCUT2D eigenvalue weighted by Crippen LogP contribution is 2.52. The molecule has 6 heterocycles. The Morgan fingerprint density at radius 3 is 2.80 bits per heavy atom. The van der Waals surface area contributed by atoms with E-state index in [0.717, 1.165) is 75.6 Å². The summed E-state index contributed by atoms with van der Waals surface area (Å²) >= 11 is 1.50. The van der Waals surface area contributed by atoms with E-state index in [4.69, 9.17) is 19.4 Å². The number of aryl methyl sites for hydroxylation is 1. The Hall–Kier alpha value is -4.17. The molecule has 8 rings (SSSR count). The molecule has 3 aliphatic heterocycles. The molecule has 0 unspecified atom stereocenters. The Balaban J connectivity index is 1.23. The Bertz CT molecular complexity index is 2130. The van der Waals surface area contributed by atoms with Gasteiger partial charge in [-0.3, -0.25) is 24.4 Å². The van der Waals surface area contributed by atoms with Crippen LogP contribution >= 0.6 is 11.3 Å². The molecule has 0 radical (unpaired) electrons. The van der Waals surface area contributed by atoms with Gasteiger partial charge in [0.1, 0.15) is 12.1 Å². The van der Waals surface area contributed by atoms with Crippen molar-refractivity contribution in [3.8, 4) is 22.5 Å². The number of cyclic esters (lactones) is 1. The Labute approximate surface area is 326 Å². The number of benzene rings is 1. The highest BCUT2D eigenvalue weighted by molar-refractivity contribution is 7.10. The molecule has 2 N–H and O–H groups in total. The minimum Gasteiger partial charge on any atom is -0.464 e. The van der Waals surface area contributed by atoms with Crippen molar-refractivity contribution in [3.63, 3.8) is 0 Å². The van der Waals surface area contributed by atoms with Crippen molar-refractivity contribution in [1.29, 1.82) is 0 Å². The summed E-state index contributed by atoms with van der Waals surface area (Å²) in [4.78, 5) is 54.3. The summed E-state index contributed by atoms with van der Waals surface area (Å²) in [5, 5.41) is 8.63. The fourth-order valence-corrected chi connectivity index (χ4v) is 10.2. The molecule has 1 saturated carbocycles. The molecule has 292 valence electrons. The third-order valence-corrected chi connectivity index (χ3v) is 13.3. The molecule has 3 fully saturated rings. The molecule has 12 nitrogen and oxygen atoms in total. The quantitative estimate of drug-likeness (QED) is 0.243. The average molecular weight is 768 g/mol. The van der Waals surface area contributed by atoms with Crippen LogP contribution in [0.25, 0.3) is 33.4 Å². The fraction of sp³-hybridized carbons (Fsp3) is 0.548. The molecule has 55 heavy (non-hydrogen) atoms. The number of rotatable bonds is 6. The van der Waals surface area contributed by atoms with E-state index in [1.54, 1.807) is 7.11 Å². The van der Waals surface area contributed by atoms with E-state index in [0.29, 0.717) is 38.3 Å². The molecule has 6 bridgehead atoms. The molecule has 5 atom stereocenters. The first kappa shape index (κ1) is 37.7. The zero-order chi connectivity index (χ0) is 38.6. The number of nitrogens with zero attached hydrogens (tertiary/aromatic N) is 5. The first-order valence-electron chi connectivity index (χ1n) is 19.7. The number of likely N-dealkylation sites (tertiary alicyclic amines) is 1. The van der Waals surface area contributed by atoms with E-state index >= 15 is 0 Å². The monoisotopic (exact) mass is 767 g/mol. The highest BCUT2D eigenvalue weighted by atomic mass is 32.1. The largest absolute Gasteiger partial charge is 0.464 e. The first-order chi connectivity index (χ1) is 26.4. The number of hydrogen-bond acceptors (Lipinski definition) is 10. The Morgan fingerprint density at radius 2 is 2.05 bits per heavy atom. The number of carbonyl (C=O) groups is 3. The van der Waals surface area contributed by atoms with Crippen LogP contribution in [0.3, 0.4) is 0 Å². The number of hydrazine groups is 1. The van der Waals surface area contributed by atoms with Crippen LogP contribution in [0.4, 0.5) is 0 Å².